The monoisotopic (exact) mass is 219 g/mol. The third-order valence-corrected chi connectivity index (χ3v) is 2.26. The van der Waals surface area contributed by atoms with Crippen molar-refractivity contribution in [1.29, 1.82) is 0 Å². The number of hydrogen-bond donors (Lipinski definition) is 2. The molecule has 6 nitrogen and oxygen atoms in total. The van der Waals surface area contributed by atoms with Gasteiger partial charge in [-0.05, 0) is 13.0 Å². The molecule has 2 heterocycles. The van der Waals surface area contributed by atoms with Crippen molar-refractivity contribution in [2.75, 3.05) is 6.54 Å². The average Bonchev–Trinajstić information content (AvgIpc) is 2.88. The van der Waals surface area contributed by atoms with Gasteiger partial charge in [0, 0.05) is 24.6 Å². The van der Waals surface area contributed by atoms with Gasteiger partial charge in [-0.1, -0.05) is 0 Å². The Bertz CT molecular complexity index is 459. The fourth-order valence-electron chi connectivity index (χ4n) is 1.39. The van der Waals surface area contributed by atoms with E-state index in [1.165, 1.54) is 6.20 Å². The molecule has 0 aliphatic rings. The maximum atomic E-state index is 11.7. The van der Waals surface area contributed by atoms with Gasteiger partial charge in [0.25, 0.3) is 5.91 Å². The van der Waals surface area contributed by atoms with E-state index in [1.54, 1.807) is 10.9 Å². The Morgan fingerprint density at radius 3 is 3.12 bits per heavy atom. The van der Waals surface area contributed by atoms with E-state index in [2.05, 4.69) is 20.6 Å². The topological polar surface area (TPSA) is 75.6 Å². The quantitative estimate of drug-likeness (QED) is 0.778. The van der Waals surface area contributed by atoms with Crippen LogP contribution in [0, 0.1) is 6.92 Å². The minimum absolute atomic E-state index is 0.113. The van der Waals surface area contributed by atoms with Crippen LogP contribution in [0.3, 0.4) is 0 Å². The Morgan fingerprint density at radius 1 is 1.62 bits per heavy atom. The summed E-state index contributed by atoms with van der Waals surface area (Å²) in [5, 5.41) is 13.4. The van der Waals surface area contributed by atoms with E-state index in [0.717, 1.165) is 5.69 Å². The molecule has 0 saturated carbocycles. The van der Waals surface area contributed by atoms with Crippen LogP contribution in [0.1, 0.15) is 16.1 Å². The molecule has 2 rings (SSSR count). The maximum absolute atomic E-state index is 11.7. The fraction of sp³-hybridized carbons (Fsp3) is 0.300. The van der Waals surface area contributed by atoms with E-state index in [0.29, 0.717) is 18.7 Å². The predicted octanol–water partition coefficient (Wildman–Crippen LogP) is 0.345. The first-order valence-electron chi connectivity index (χ1n) is 5.03. The number of hydrogen-bond acceptors (Lipinski definition) is 3. The SMILES string of the molecule is Cc1[nH]ncc1C(=O)NCCn1cccn1. The van der Waals surface area contributed by atoms with Crippen LogP contribution in [0.5, 0.6) is 0 Å². The molecule has 0 aliphatic carbocycles. The van der Waals surface area contributed by atoms with Crippen molar-refractivity contribution in [2.24, 2.45) is 0 Å². The van der Waals surface area contributed by atoms with Crippen molar-refractivity contribution in [2.45, 2.75) is 13.5 Å². The van der Waals surface area contributed by atoms with E-state index in [1.807, 2.05) is 19.2 Å². The highest BCUT2D eigenvalue weighted by Crippen LogP contribution is 2.01. The number of carbonyl (C=O) groups excluding carboxylic acids is 1. The summed E-state index contributed by atoms with van der Waals surface area (Å²) in [5.41, 5.74) is 1.36. The molecule has 1 amide bonds. The molecule has 0 fully saturated rings. The summed E-state index contributed by atoms with van der Waals surface area (Å²) < 4.78 is 1.77. The van der Waals surface area contributed by atoms with Gasteiger partial charge in [-0.2, -0.15) is 10.2 Å². The number of aryl methyl sites for hydroxylation is 1. The second-order valence-electron chi connectivity index (χ2n) is 3.43. The molecule has 0 aromatic carbocycles. The lowest BCUT2D eigenvalue weighted by molar-refractivity contribution is 0.0951. The highest BCUT2D eigenvalue weighted by atomic mass is 16.1. The molecule has 0 spiro atoms. The van der Waals surface area contributed by atoms with E-state index < -0.39 is 0 Å². The summed E-state index contributed by atoms with van der Waals surface area (Å²) in [7, 11) is 0. The van der Waals surface area contributed by atoms with Crippen molar-refractivity contribution in [1.82, 2.24) is 25.3 Å². The summed E-state index contributed by atoms with van der Waals surface area (Å²) in [6.07, 6.45) is 5.09. The maximum Gasteiger partial charge on any atom is 0.254 e. The van der Waals surface area contributed by atoms with Gasteiger partial charge < -0.3 is 5.32 Å². The predicted molar refractivity (Wildman–Crippen MR) is 57.9 cm³/mol. The van der Waals surface area contributed by atoms with Crippen molar-refractivity contribution < 1.29 is 4.79 Å². The van der Waals surface area contributed by atoms with Crippen LogP contribution in [0.2, 0.25) is 0 Å². The smallest absolute Gasteiger partial charge is 0.254 e. The van der Waals surface area contributed by atoms with Crippen LogP contribution in [-0.2, 0) is 6.54 Å². The van der Waals surface area contributed by atoms with Gasteiger partial charge in [-0.25, -0.2) is 0 Å². The van der Waals surface area contributed by atoms with E-state index >= 15 is 0 Å². The van der Waals surface area contributed by atoms with E-state index in [-0.39, 0.29) is 5.91 Å². The molecule has 84 valence electrons. The zero-order valence-electron chi connectivity index (χ0n) is 8.97. The van der Waals surface area contributed by atoms with Crippen LogP contribution >= 0.6 is 0 Å². The van der Waals surface area contributed by atoms with E-state index in [4.69, 9.17) is 0 Å². The largest absolute Gasteiger partial charge is 0.350 e. The molecule has 0 atom stereocenters. The van der Waals surface area contributed by atoms with Crippen LogP contribution in [0.15, 0.2) is 24.7 Å². The number of nitrogens with zero attached hydrogens (tertiary/aromatic N) is 3. The van der Waals surface area contributed by atoms with Crippen molar-refractivity contribution in [3.63, 3.8) is 0 Å². The van der Waals surface area contributed by atoms with E-state index in [9.17, 15) is 4.79 Å². The molecule has 0 aliphatic heterocycles. The minimum atomic E-state index is -0.113. The summed E-state index contributed by atoms with van der Waals surface area (Å²) >= 11 is 0. The van der Waals surface area contributed by atoms with Crippen LogP contribution in [-0.4, -0.2) is 32.4 Å². The number of H-pyrrole nitrogens is 1. The molecule has 2 N–H and O–H groups in total. The summed E-state index contributed by atoms with van der Waals surface area (Å²) in [6, 6.07) is 1.85. The van der Waals surface area contributed by atoms with Gasteiger partial charge in [0.05, 0.1) is 18.3 Å². The Morgan fingerprint density at radius 2 is 2.50 bits per heavy atom. The first kappa shape index (κ1) is 10.4. The molecule has 2 aromatic heterocycles. The second-order valence-corrected chi connectivity index (χ2v) is 3.43. The van der Waals surface area contributed by atoms with Crippen molar-refractivity contribution >= 4 is 5.91 Å². The number of carbonyl (C=O) groups is 1. The lowest BCUT2D eigenvalue weighted by Crippen LogP contribution is -2.27. The minimum Gasteiger partial charge on any atom is -0.350 e. The molecule has 0 radical (unpaired) electrons. The Labute approximate surface area is 92.7 Å². The molecular formula is C10H13N5O. The molecule has 0 bridgehead atoms. The summed E-state index contributed by atoms with van der Waals surface area (Å²) in [4.78, 5) is 11.7. The first-order chi connectivity index (χ1) is 7.77. The Kier molecular flexibility index (Phi) is 3.00. The van der Waals surface area contributed by atoms with Gasteiger partial charge in [-0.15, -0.1) is 0 Å². The second kappa shape index (κ2) is 4.61. The third kappa shape index (κ3) is 2.28. The lowest BCUT2D eigenvalue weighted by atomic mass is 10.2. The molecule has 2 aromatic rings. The Hall–Kier alpha value is -2.11. The van der Waals surface area contributed by atoms with Gasteiger partial charge in [0.2, 0.25) is 0 Å². The van der Waals surface area contributed by atoms with Gasteiger partial charge >= 0.3 is 0 Å². The molecule has 0 saturated heterocycles. The van der Waals surface area contributed by atoms with Crippen molar-refractivity contribution in [3.05, 3.63) is 35.9 Å². The molecule has 6 heteroatoms. The molecule has 16 heavy (non-hydrogen) atoms. The zero-order valence-corrected chi connectivity index (χ0v) is 8.97. The van der Waals surface area contributed by atoms with Gasteiger partial charge in [0.1, 0.15) is 0 Å². The number of nitrogens with one attached hydrogen (secondary N) is 2. The highest BCUT2D eigenvalue weighted by Gasteiger charge is 2.09. The number of amides is 1. The number of rotatable bonds is 4. The van der Waals surface area contributed by atoms with Gasteiger partial charge in [0.15, 0.2) is 0 Å². The standard InChI is InChI=1S/C10H13N5O/c1-8-9(7-12-14-8)10(16)11-4-6-15-5-2-3-13-15/h2-3,5,7H,4,6H2,1H3,(H,11,16)(H,12,14). The zero-order chi connectivity index (χ0) is 11.4. The normalized spacial score (nSPS) is 10.3. The van der Waals surface area contributed by atoms with Crippen LogP contribution in [0.25, 0.3) is 0 Å². The number of aromatic amines is 1. The van der Waals surface area contributed by atoms with Gasteiger partial charge in [-0.3, -0.25) is 14.6 Å². The van der Waals surface area contributed by atoms with Crippen molar-refractivity contribution in [3.8, 4) is 0 Å². The van der Waals surface area contributed by atoms with Crippen LogP contribution in [0.4, 0.5) is 0 Å². The summed E-state index contributed by atoms with van der Waals surface area (Å²) in [6.45, 7) is 3.02. The first-order valence-corrected chi connectivity index (χ1v) is 5.03. The molecule has 0 unspecified atom stereocenters. The Balaban J connectivity index is 1.83. The average molecular weight is 219 g/mol. The third-order valence-electron chi connectivity index (χ3n) is 2.26. The molecular weight excluding hydrogens is 206 g/mol. The highest BCUT2D eigenvalue weighted by molar-refractivity contribution is 5.94. The lowest BCUT2D eigenvalue weighted by Gasteiger charge is -2.04. The van der Waals surface area contributed by atoms with Crippen LogP contribution < -0.4 is 5.32 Å². The summed E-state index contributed by atoms with van der Waals surface area (Å²) in [5.74, 6) is -0.113. The fourth-order valence-corrected chi connectivity index (χ4v) is 1.39. The number of aromatic nitrogens is 4.